The van der Waals surface area contributed by atoms with Crippen LogP contribution in [0.5, 0.6) is 17.2 Å². The van der Waals surface area contributed by atoms with Crippen molar-refractivity contribution in [2.24, 2.45) is 5.92 Å². The summed E-state index contributed by atoms with van der Waals surface area (Å²) in [5.41, 5.74) is 1.61. The number of rotatable bonds is 8. The molecule has 4 rings (SSSR count). The highest BCUT2D eigenvalue weighted by Crippen LogP contribution is 2.31. The Kier molecular flexibility index (Phi) is 8.81. The summed E-state index contributed by atoms with van der Waals surface area (Å²) in [7, 11) is 0. The van der Waals surface area contributed by atoms with Crippen LogP contribution in [0.3, 0.4) is 0 Å². The Hall–Kier alpha value is -2.98. The fraction of sp³-hybridized carbons (Fsp3) is 0.519. The highest BCUT2D eigenvalue weighted by Gasteiger charge is 2.32. The van der Waals surface area contributed by atoms with Gasteiger partial charge in [-0.15, -0.1) is 13.2 Å². The van der Waals surface area contributed by atoms with Crippen LogP contribution in [0.4, 0.5) is 13.2 Å². The average molecular weight is 523 g/mol. The van der Waals surface area contributed by atoms with Crippen LogP contribution in [0.1, 0.15) is 31.4 Å². The number of halogens is 3. The molecule has 2 aliphatic heterocycles. The molecule has 1 atom stereocenters. The van der Waals surface area contributed by atoms with E-state index in [1.807, 2.05) is 23.1 Å². The van der Waals surface area contributed by atoms with Gasteiger partial charge in [0.2, 0.25) is 0 Å². The minimum Gasteiger partial charge on any atom is -0.490 e. The van der Waals surface area contributed by atoms with Crippen LogP contribution < -0.4 is 14.2 Å². The predicted octanol–water partition coefficient (Wildman–Crippen LogP) is 4.63. The van der Waals surface area contributed by atoms with Crippen molar-refractivity contribution in [1.82, 2.24) is 9.80 Å². The maximum absolute atomic E-state index is 13.6. The molecule has 2 aromatic rings. The largest absolute Gasteiger partial charge is 0.573 e. The molecule has 2 aromatic carbocycles. The van der Waals surface area contributed by atoms with E-state index in [1.165, 1.54) is 18.2 Å². The first-order chi connectivity index (χ1) is 17.7. The third-order valence-electron chi connectivity index (χ3n) is 6.05. The van der Waals surface area contributed by atoms with Crippen molar-refractivity contribution < 1.29 is 36.9 Å². The number of carbonyl (C=O) groups excluding carboxylic acids is 1. The third-order valence-corrected chi connectivity index (χ3v) is 6.05. The molecular formula is C27H33F3N2O5. The molecule has 7 nitrogen and oxygen atoms in total. The van der Waals surface area contributed by atoms with Gasteiger partial charge in [0.1, 0.15) is 11.9 Å². The van der Waals surface area contributed by atoms with Crippen LogP contribution in [-0.2, 0) is 22.6 Å². The van der Waals surface area contributed by atoms with Crippen LogP contribution in [0.15, 0.2) is 42.5 Å². The van der Waals surface area contributed by atoms with E-state index in [0.29, 0.717) is 69.6 Å². The van der Waals surface area contributed by atoms with Gasteiger partial charge in [-0.3, -0.25) is 9.69 Å². The van der Waals surface area contributed by atoms with Crippen molar-refractivity contribution >= 4 is 5.91 Å². The lowest BCUT2D eigenvalue weighted by Gasteiger charge is -2.35. The number of amides is 1. The molecule has 1 unspecified atom stereocenters. The summed E-state index contributed by atoms with van der Waals surface area (Å²) in [4.78, 5) is 17.4. The molecule has 0 spiro atoms. The number of fused-ring (bicyclic) bond motifs is 1. The number of ether oxygens (including phenoxy) is 4. The summed E-state index contributed by atoms with van der Waals surface area (Å²) in [6, 6.07) is 11.7. The van der Waals surface area contributed by atoms with Crippen molar-refractivity contribution in [2.75, 3.05) is 39.5 Å². The molecular weight excluding hydrogens is 489 g/mol. The second-order valence-electron chi connectivity index (χ2n) is 9.73. The monoisotopic (exact) mass is 522 g/mol. The highest BCUT2D eigenvalue weighted by atomic mass is 19.4. The molecule has 1 saturated heterocycles. The van der Waals surface area contributed by atoms with Crippen molar-refractivity contribution in [1.29, 1.82) is 0 Å². The van der Waals surface area contributed by atoms with E-state index in [2.05, 4.69) is 18.6 Å². The lowest BCUT2D eigenvalue weighted by Crippen LogP contribution is -2.51. The second kappa shape index (κ2) is 12.0. The molecule has 202 valence electrons. The zero-order chi connectivity index (χ0) is 26.4. The number of hydrogen-bond acceptors (Lipinski definition) is 6. The van der Waals surface area contributed by atoms with E-state index in [4.69, 9.17) is 14.2 Å². The third kappa shape index (κ3) is 8.00. The van der Waals surface area contributed by atoms with Gasteiger partial charge in [0.15, 0.2) is 11.5 Å². The zero-order valence-electron chi connectivity index (χ0n) is 21.1. The molecule has 2 aliphatic rings. The van der Waals surface area contributed by atoms with Crippen molar-refractivity contribution in [2.45, 2.75) is 45.8 Å². The molecule has 1 amide bonds. The normalized spacial score (nSPS) is 18.4. The van der Waals surface area contributed by atoms with Crippen LogP contribution in [0.2, 0.25) is 0 Å². The van der Waals surface area contributed by atoms with Gasteiger partial charge in [0, 0.05) is 39.1 Å². The van der Waals surface area contributed by atoms with E-state index in [-0.39, 0.29) is 17.6 Å². The van der Waals surface area contributed by atoms with Gasteiger partial charge in [-0.05, 0) is 41.3 Å². The van der Waals surface area contributed by atoms with Gasteiger partial charge in [-0.1, -0.05) is 32.0 Å². The fourth-order valence-corrected chi connectivity index (χ4v) is 4.50. The molecule has 10 heteroatoms. The highest BCUT2D eigenvalue weighted by molar-refractivity contribution is 5.81. The first-order valence-electron chi connectivity index (χ1n) is 12.5. The van der Waals surface area contributed by atoms with Gasteiger partial charge in [0.25, 0.3) is 5.91 Å². The SMILES string of the molecule is CC(C)CN(Cc1ccc2c(c1)OCCCO2)C(=O)C1CN(Cc2cccc(OC(F)(F)F)c2)CCO1. The Bertz CT molecular complexity index is 1060. The van der Waals surface area contributed by atoms with E-state index in [1.54, 1.807) is 11.0 Å². The zero-order valence-corrected chi connectivity index (χ0v) is 21.1. The molecule has 37 heavy (non-hydrogen) atoms. The fourth-order valence-electron chi connectivity index (χ4n) is 4.50. The molecule has 0 saturated carbocycles. The van der Waals surface area contributed by atoms with Gasteiger partial charge < -0.3 is 23.8 Å². The number of benzene rings is 2. The van der Waals surface area contributed by atoms with Crippen LogP contribution >= 0.6 is 0 Å². The van der Waals surface area contributed by atoms with Gasteiger partial charge in [0.05, 0.1) is 19.8 Å². The summed E-state index contributed by atoms with van der Waals surface area (Å²) in [5, 5.41) is 0. The average Bonchev–Trinajstić information content (AvgIpc) is 3.07. The Morgan fingerprint density at radius 3 is 2.62 bits per heavy atom. The topological polar surface area (TPSA) is 60.5 Å². The lowest BCUT2D eigenvalue weighted by atomic mass is 10.1. The first-order valence-corrected chi connectivity index (χ1v) is 12.5. The molecule has 0 N–H and O–H groups in total. The number of morpholine rings is 1. The molecule has 1 fully saturated rings. The van der Waals surface area contributed by atoms with Crippen LogP contribution in [0.25, 0.3) is 0 Å². The Morgan fingerprint density at radius 2 is 1.86 bits per heavy atom. The van der Waals surface area contributed by atoms with Crippen molar-refractivity contribution in [3.05, 3.63) is 53.6 Å². The van der Waals surface area contributed by atoms with Crippen LogP contribution in [-0.4, -0.2) is 67.6 Å². The molecule has 2 heterocycles. The van der Waals surface area contributed by atoms with E-state index < -0.39 is 12.5 Å². The lowest BCUT2D eigenvalue weighted by molar-refractivity contribution is -0.274. The molecule has 0 aromatic heterocycles. The van der Waals surface area contributed by atoms with Crippen LogP contribution in [0, 0.1) is 5.92 Å². The number of carbonyl (C=O) groups is 1. The number of alkyl halides is 3. The Balaban J connectivity index is 1.42. The second-order valence-corrected chi connectivity index (χ2v) is 9.73. The summed E-state index contributed by atoms with van der Waals surface area (Å²) in [6.45, 7) is 7.93. The summed E-state index contributed by atoms with van der Waals surface area (Å²) in [5.74, 6) is 1.27. The van der Waals surface area contributed by atoms with E-state index in [9.17, 15) is 18.0 Å². The molecule has 0 bridgehead atoms. The smallest absolute Gasteiger partial charge is 0.490 e. The number of nitrogens with zero attached hydrogens (tertiary/aromatic N) is 2. The number of hydrogen-bond donors (Lipinski definition) is 0. The molecule has 0 aliphatic carbocycles. The van der Waals surface area contributed by atoms with Crippen molar-refractivity contribution in [3.8, 4) is 17.2 Å². The maximum atomic E-state index is 13.6. The Morgan fingerprint density at radius 1 is 1.08 bits per heavy atom. The summed E-state index contributed by atoms with van der Waals surface area (Å²) >= 11 is 0. The maximum Gasteiger partial charge on any atom is 0.573 e. The first kappa shape index (κ1) is 27.1. The predicted molar refractivity (Wildman–Crippen MR) is 130 cm³/mol. The summed E-state index contributed by atoms with van der Waals surface area (Å²) in [6.07, 6.45) is -4.59. The summed E-state index contributed by atoms with van der Waals surface area (Å²) < 4.78 is 59.2. The van der Waals surface area contributed by atoms with Crippen molar-refractivity contribution in [3.63, 3.8) is 0 Å². The van der Waals surface area contributed by atoms with E-state index >= 15 is 0 Å². The quantitative estimate of drug-likeness (QED) is 0.504. The standard InChI is InChI=1S/C27H33F3N2O5/c1-19(2)15-32(17-21-7-8-23-24(14-21)35-11-4-10-34-23)26(33)25-18-31(9-12-36-25)16-20-5-3-6-22(13-20)37-27(28,29)30/h3,5-8,13-14,19,25H,4,9-12,15-18H2,1-2H3. The minimum absolute atomic E-state index is 0.111. The van der Waals surface area contributed by atoms with Gasteiger partial charge in [-0.2, -0.15) is 0 Å². The van der Waals surface area contributed by atoms with E-state index in [0.717, 1.165) is 12.0 Å². The molecule has 0 radical (unpaired) electrons. The van der Waals surface area contributed by atoms with Gasteiger partial charge >= 0.3 is 6.36 Å². The van der Waals surface area contributed by atoms with Gasteiger partial charge in [-0.25, -0.2) is 0 Å². The Labute approximate surface area is 215 Å². The minimum atomic E-state index is -4.74.